The van der Waals surface area contributed by atoms with Gasteiger partial charge in [-0.1, -0.05) is 11.3 Å². The van der Waals surface area contributed by atoms with Crippen molar-refractivity contribution < 1.29 is 9.53 Å². The minimum absolute atomic E-state index is 0.182. The van der Waals surface area contributed by atoms with Gasteiger partial charge in [0.2, 0.25) is 0 Å². The molecule has 3 aromatic rings. The van der Waals surface area contributed by atoms with Crippen LogP contribution < -0.4 is 5.32 Å². The molecule has 0 fully saturated rings. The third kappa shape index (κ3) is 3.67. The molecule has 0 radical (unpaired) electrons. The number of carbonyl (C=O) groups excluding carboxylic acids is 1. The molecule has 0 saturated heterocycles. The molecule has 0 aromatic carbocycles. The predicted octanol–water partition coefficient (Wildman–Crippen LogP) is 2.15. The number of carbonyl (C=O) groups is 1. The summed E-state index contributed by atoms with van der Waals surface area (Å²) in [6.45, 7) is 0.442. The Morgan fingerprint density at radius 3 is 3.14 bits per heavy atom. The summed E-state index contributed by atoms with van der Waals surface area (Å²) in [7, 11) is 0. The molecule has 3 heterocycles. The van der Waals surface area contributed by atoms with Gasteiger partial charge in [-0.15, -0.1) is 5.10 Å². The zero-order valence-electron chi connectivity index (χ0n) is 11.5. The van der Waals surface area contributed by atoms with Crippen LogP contribution in [0.1, 0.15) is 11.3 Å². The van der Waals surface area contributed by atoms with E-state index in [1.165, 1.54) is 0 Å². The second-order valence-corrected chi connectivity index (χ2v) is 5.21. The largest absolute Gasteiger partial charge is 0.445 e. The predicted molar refractivity (Wildman–Crippen MR) is 80.5 cm³/mol. The number of nitrogens with one attached hydrogen (secondary N) is 1. The second kappa shape index (κ2) is 6.81. The third-order valence-corrected chi connectivity index (χ3v) is 3.49. The van der Waals surface area contributed by atoms with Crippen molar-refractivity contribution in [3.05, 3.63) is 58.8 Å². The van der Waals surface area contributed by atoms with Crippen LogP contribution in [0.3, 0.4) is 0 Å². The van der Waals surface area contributed by atoms with Gasteiger partial charge in [-0.3, -0.25) is 4.98 Å². The van der Waals surface area contributed by atoms with Crippen molar-refractivity contribution in [3.63, 3.8) is 0 Å². The topological polar surface area (TPSA) is 81.9 Å². The van der Waals surface area contributed by atoms with E-state index >= 15 is 0 Å². The van der Waals surface area contributed by atoms with E-state index in [9.17, 15) is 4.79 Å². The van der Waals surface area contributed by atoms with Crippen LogP contribution >= 0.6 is 11.3 Å². The lowest BCUT2D eigenvalue weighted by Gasteiger charge is -2.05. The van der Waals surface area contributed by atoms with Crippen LogP contribution in [0.25, 0.3) is 5.69 Å². The van der Waals surface area contributed by atoms with E-state index in [0.29, 0.717) is 5.69 Å². The van der Waals surface area contributed by atoms with Crippen molar-refractivity contribution in [1.82, 2.24) is 25.3 Å². The quantitative estimate of drug-likeness (QED) is 0.780. The van der Waals surface area contributed by atoms with Gasteiger partial charge in [0.15, 0.2) is 0 Å². The summed E-state index contributed by atoms with van der Waals surface area (Å²) in [6.07, 6.45) is 4.58. The molecule has 3 rings (SSSR count). The Morgan fingerprint density at radius 2 is 2.36 bits per heavy atom. The van der Waals surface area contributed by atoms with Crippen molar-refractivity contribution in [2.45, 2.75) is 13.2 Å². The van der Waals surface area contributed by atoms with E-state index < -0.39 is 6.09 Å². The number of ether oxygens (including phenoxy) is 1. The van der Waals surface area contributed by atoms with Gasteiger partial charge in [0.25, 0.3) is 0 Å². The molecule has 8 heteroatoms. The first-order valence-corrected chi connectivity index (χ1v) is 7.49. The van der Waals surface area contributed by atoms with Gasteiger partial charge in [0.1, 0.15) is 12.3 Å². The summed E-state index contributed by atoms with van der Waals surface area (Å²) in [5.41, 5.74) is 2.44. The molecule has 0 bridgehead atoms. The fraction of sp³-hybridized carbons (Fsp3) is 0.143. The molecule has 112 valence electrons. The SMILES string of the molecule is O=C(NCc1cn(-c2ccsc2)nn1)OCc1cccnc1. The van der Waals surface area contributed by atoms with Gasteiger partial charge in [0.05, 0.1) is 18.4 Å². The van der Waals surface area contributed by atoms with E-state index in [4.69, 9.17) is 4.74 Å². The molecule has 3 aromatic heterocycles. The molecule has 0 aliphatic carbocycles. The Morgan fingerprint density at radius 1 is 1.41 bits per heavy atom. The number of nitrogens with zero attached hydrogens (tertiary/aromatic N) is 4. The second-order valence-electron chi connectivity index (χ2n) is 4.43. The zero-order valence-corrected chi connectivity index (χ0v) is 12.4. The molecular weight excluding hydrogens is 302 g/mol. The highest BCUT2D eigenvalue weighted by Crippen LogP contribution is 2.10. The van der Waals surface area contributed by atoms with Crippen molar-refractivity contribution in [3.8, 4) is 5.69 Å². The molecule has 22 heavy (non-hydrogen) atoms. The van der Waals surface area contributed by atoms with Crippen LogP contribution in [-0.4, -0.2) is 26.1 Å². The van der Waals surface area contributed by atoms with Crippen molar-refractivity contribution in [2.24, 2.45) is 0 Å². The first kappa shape index (κ1) is 14.2. The van der Waals surface area contributed by atoms with Crippen molar-refractivity contribution in [2.75, 3.05) is 0 Å². The van der Waals surface area contributed by atoms with E-state index in [-0.39, 0.29) is 13.2 Å². The Kier molecular flexibility index (Phi) is 4.40. The Balaban J connectivity index is 1.47. The number of hydrogen-bond acceptors (Lipinski definition) is 6. The van der Waals surface area contributed by atoms with Crippen LogP contribution in [0.5, 0.6) is 0 Å². The van der Waals surface area contributed by atoms with Gasteiger partial charge >= 0.3 is 6.09 Å². The van der Waals surface area contributed by atoms with E-state index in [0.717, 1.165) is 11.3 Å². The summed E-state index contributed by atoms with van der Waals surface area (Å²) in [4.78, 5) is 15.6. The van der Waals surface area contributed by atoms with Gasteiger partial charge < -0.3 is 10.1 Å². The number of thiophene rings is 1. The maximum Gasteiger partial charge on any atom is 0.407 e. The Hall–Kier alpha value is -2.74. The highest BCUT2D eigenvalue weighted by Gasteiger charge is 2.06. The molecule has 0 atom stereocenters. The number of aromatic nitrogens is 4. The average Bonchev–Trinajstić information content (AvgIpc) is 3.22. The molecule has 0 aliphatic rings. The number of amides is 1. The number of pyridine rings is 1. The van der Waals surface area contributed by atoms with E-state index in [2.05, 4.69) is 20.6 Å². The number of rotatable bonds is 5. The third-order valence-electron chi connectivity index (χ3n) is 2.82. The maximum atomic E-state index is 11.6. The lowest BCUT2D eigenvalue weighted by atomic mass is 10.3. The normalized spacial score (nSPS) is 10.4. The highest BCUT2D eigenvalue weighted by molar-refractivity contribution is 7.08. The van der Waals surface area contributed by atoms with Crippen LogP contribution in [-0.2, 0) is 17.9 Å². The molecular formula is C14H13N5O2S. The van der Waals surface area contributed by atoms with E-state index in [1.54, 1.807) is 40.7 Å². The lowest BCUT2D eigenvalue weighted by Crippen LogP contribution is -2.23. The van der Waals surface area contributed by atoms with E-state index in [1.807, 2.05) is 22.9 Å². The molecule has 7 nitrogen and oxygen atoms in total. The summed E-state index contributed by atoms with van der Waals surface area (Å²) >= 11 is 1.58. The molecule has 0 spiro atoms. The molecule has 0 saturated carbocycles. The summed E-state index contributed by atoms with van der Waals surface area (Å²) in [5, 5.41) is 14.6. The van der Waals surface area contributed by atoms with Gasteiger partial charge in [-0.2, -0.15) is 11.3 Å². The highest BCUT2D eigenvalue weighted by atomic mass is 32.1. The summed E-state index contributed by atoms with van der Waals surface area (Å²) in [5.74, 6) is 0. The smallest absolute Gasteiger partial charge is 0.407 e. The number of hydrogen-bond donors (Lipinski definition) is 1. The zero-order chi connectivity index (χ0) is 15.2. The standard InChI is InChI=1S/C14H13N5O2S/c20-14(21-9-11-2-1-4-15-6-11)16-7-12-8-19(18-17-12)13-3-5-22-10-13/h1-6,8,10H,7,9H2,(H,16,20). The summed E-state index contributed by atoms with van der Waals surface area (Å²) < 4.78 is 6.75. The monoisotopic (exact) mass is 315 g/mol. The fourth-order valence-corrected chi connectivity index (χ4v) is 2.36. The van der Waals surface area contributed by atoms with Gasteiger partial charge in [-0.05, 0) is 17.5 Å². The average molecular weight is 315 g/mol. The maximum absolute atomic E-state index is 11.6. The van der Waals surface area contributed by atoms with Gasteiger partial charge in [0, 0.05) is 23.3 Å². The minimum atomic E-state index is -0.506. The Labute approximate surface area is 130 Å². The Bertz CT molecular complexity index is 727. The number of alkyl carbamates (subject to hydrolysis) is 1. The van der Waals surface area contributed by atoms with Crippen LogP contribution in [0.2, 0.25) is 0 Å². The minimum Gasteiger partial charge on any atom is -0.445 e. The molecule has 1 N–H and O–H groups in total. The lowest BCUT2D eigenvalue weighted by molar-refractivity contribution is 0.139. The first-order valence-electron chi connectivity index (χ1n) is 6.54. The van der Waals surface area contributed by atoms with Crippen molar-refractivity contribution >= 4 is 17.4 Å². The molecule has 1 amide bonds. The molecule has 0 aliphatic heterocycles. The fourth-order valence-electron chi connectivity index (χ4n) is 1.74. The van der Waals surface area contributed by atoms with Gasteiger partial charge in [-0.25, -0.2) is 9.48 Å². The van der Waals surface area contributed by atoms with Crippen LogP contribution in [0.15, 0.2) is 47.5 Å². The van der Waals surface area contributed by atoms with Crippen molar-refractivity contribution in [1.29, 1.82) is 0 Å². The summed E-state index contributed by atoms with van der Waals surface area (Å²) in [6, 6.07) is 5.57. The molecule has 0 unspecified atom stereocenters. The van der Waals surface area contributed by atoms with Crippen LogP contribution in [0, 0.1) is 0 Å². The first-order chi connectivity index (χ1) is 10.8. The van der Waals surface area contributed by atoms with Crippen LogP contribution in [0.4, 0.5) is 4.79 Å².